The zero-order valence-electron chi connectivity index (χ0n) is 13.4. The molecule has 0 saturated carbocycles. The van der Waals surface area contributed by atoms with Crippen LogP contribution in [0.3, 0.4) is 0 Å². The number of rotatable bonds is 3. The van der Waals surface area contributed by atoms with E-state index in [0.29, 0.717) is 5.69 Å². The zero-order valence-corrected chi connectivity index (χ0v) is 13.4. The fourth-order valence-corrected chi connectivity index (χ4v) is 2.86. The molecular weight excluding hydrogens is 290 g/mol. The van der Waals surface area contributed by atoms with Crippen LogP contribution in [0.2, 0.25) is 0 Å². The van der Waals surface area contributed by atoms with Crippen LogP contribution >= 0.6 is 0 Å². The molecule has 0 unspecified atom stereocenters. The predicted molar refractivity (Wildman–Crippen MR) is 90.5 cm³/mol. The Bertz CT molecular complexity index is 656. The van der Waals surface area contributed by atoms with E-state index in [1.165, 1.54) is 0 Å². The van der Waals surface area contributed by atoms with Crippen LogP contribution < -0.4 is 10.2 Å². The van der Waals surface area contributed by atoms with E-state index in [1.807, 2.05) is 48.2 Å². The minimum atomic E-state index is -0.0799. The van der Waals surface area contributed by atoms with E-state index in [2.05, 4.69) is 15.3 Å². The predicted octanol–water partition coefficient (Wildman–Crippen LogP) is 2.91. The molecule has 1 N–H and O–H groups in total. The van der Waals surface area contributed by atoms with Crippen LogP contribution in [0.25, 0.3) is 0 Å². The summed E-state index contributed by atoms with van der Waals surface area (Å²) in [6.45, 7) is 0.766. The molecule has 1 fully saturated rings. The summed E-state index contributed by atoms with van der Waals surface area (Å²) in [6, 6.07) is 7.75. The first-order valence-corrected chi connectivity index (χ1v) is 7.76. The Morgan fingerprint density at radius 3 is 2.70 bits per heavy atom. The highest BCUT2D eigenvalue weighted by molar-refractivity contribution is 5.89. The second-order valence-electron chi connectivity index (χ2n) is 5.86. The molecule has 1 aliphatic heterocycles. The van der Waals surface area contributed by atoms with E-state index >= 15 is 0 Å². The van der Waals surface area contributed by atoms with Gasteiger partial charge in [-0.25, -0.2) is 9.78 Å². The number of nitrogens with one attached hydrogen (secondary N) is 1. The molecule has 0 bridgehead atoms. The summed E-state index contributed by atoms with van der Waals surface area (Å²) in [4.78, 5) is 24.7. The first kappa shape index (κ1) is 15.3. The largest absolute Gasteiger partial charge is 0.363 e. The van der Waals surface area contributed by atoms with E-state index in [1.54, 1.807) is 18.6 Å². The van der Waals surface area contributed by atoms with Crippen LogP contribution in [0.4, 0.5) is 16.3 Å². The standard InChI is InChI=1S/C17H21N5O/c1-21(2)16-6-5-14(12-19-16)20-17(23)22-11-3-4-15(22)13-7-9-18-10-8-13/h5-10,12,15H,3-4,11H2,1-2H3,(H,20,23)/t15-/m1/s1. The third-order valence-electron chi connectivity index (χ3n) is 4.06. The van der Waals surface area contributed by atoms with Crippen molar-refractivity contribution in [2.45, 2.75) is 18.9 Å². The molecule has 3 rings (SSSR count). The van der Waals surface area contributed by atoms with Crippen molar-refractivity contribution in [2.75, 3.05) is 30.9 Å². The number of likely N-dealkylation sites (tertiary alicyclic amines) is 1. The van der Waals surface area contributed by atoms with Crippen LogP contribution in [0, 0.1) is 0 Å². The van der Waals surface area contributed by atoms with Gasteiger partial charge in [-0.05, 0) is 42.7 Å². The SMILES string of the molecule is CN(C)c1ccc(NC(=O)N2CCC[C@@H]2c2ccncc2)cn1. The molecule has 1 saturated heterocycles. The minimum Gasteiger partial charge on any atom is -0.363 e. The Morgan fingerprint density at radius 2 is 2.04 bits per heavy atom. The number of urea groups is 1. The number of carbonyl (C=O) groups excluding carboxylic acids is 1. The smallest absolute Gasteiger partial charge is 0.322 e. The summed E-state index contributed by atoms with van der Waals surface area (Å²) in [5.41, 5.74) is 1.84. The molecule has 0 aliphatic carbocycles. The van der Waals surface area contributed by atoms with Gasteiger partial charge in [-0.1, -0.05) is 0 Å². The van der Waals surface area contributed by atoms with Gasteiger partial charge in [-0.3, -0.25) is 4.98 Å². The number of anilines is 2. The summed E-state index contributed by atoms with van der Waals surface area (Å²) in [6.07, 6.45) is 7.22. The van der Waals surface area contributed by atoms with Gasteiger partial charge >= 0.3 is 6.03 Å². The topological polar surface area (TPSA) is 61.4 Å². The molecule has 3 heterocycles. The molecule has 1 atom stereocenters. The number of nitrogens with zero attached hydrogens (tertiary/aromatic N) is 4. The highest BCUT2D eigenvalue weighted by Gasteiger charge is 2.29. The van der Waals surface area contributed by atoms with Crippen molar-refractivity contribution < 1.29 is 4.79 Å². The monoisotopic (exact) mass is 311 g/mol. The van der Waals surface area contributed by atoms with Crippen molar-refractivity contribution in [1.29, 1.82) is 0 Å². The number of hydrogen-bond acceptors (Lipinski definition) is 4. The van der Waals surface area contributed by atoms with Gasteiger partial charge in [0, 0.05) is 33.0 Å². The third kappa shape index (κ3) is 3.41. The number of carbonyl (C=O) groups is 1. The molecule has 0 aromatic carbocycles. The maximum atomic E-state index is 12.6. The van der Waals surface area contributed by atoms with Crippen LogP contribution in [0.5, 0.6) is 0 Å². The Hall–Kier alpha value is -2.63. The highest BCUT2D eigenvalue weighted by Crippen LogP contribution is 2.32. The highest BCUT2D eigenvalue weighted by atomic mass is 16.2. The van der Waals surface area contributed by atoms with Crippen molar-refractivity contribution in [3.8, 4) is 0 Å². The van der Waals surface area contributed by atoms with Crippen molar-refractivity contribution in [2.24, 2.45) is 0 Å². The molecule has 0 radical (unpaired) electrons. The number of aromatic nitrogens is 2. The van der Waals surface area contributed by atoms with Crippen LogP contribution in [-0.4, -0.2) is 41.5 Å². The first-order chi connectivity index (χ1) is 11.1. The summed E-state index contributed by atoms with van der Waals surface area (Å²) >= 11 is 0. The molecule has 6 nitrogen and oxygen atoms in total. The van der Waals surface area contributed by atoms with Crippen LogP contribution in [-0.2, 0) is 0 Å². The molecule has 23 heavy (non-hydrogen) atoms. The lowest BCUT2D eigenvalue weighted by molar-refractivity contribution is 0.207. The van der Waals surface area contributed by atoms with E-state index in [-0.39, 0.29) is 12.1 Å². The molecule has 1 aliphatic rings. The van der Waals surface area contributed by atoms with Gasteiger partial charge in [0.05, 0.1) is 17.9 Å². The van der Waals surface area contributed by atoms with Gasteiger partial charge < -0.3 is 15.1 Å². The zero-order chi connectivity index (χ0) is 16.2. The van der Waals surface area contributed by atoms with Crippen molar-refractivity contribution in [1.82, 2.24) is 14.9 Å². The quantitative estimate of drug-likeness (QED) is 0.947. The van der Waals surface area contributed by atoms with E-state index < -0.39 is 0 Å². The van der Waals surface area contributed by atoms with Crippen molar-refractivity contribution in [3.05, 3.63) is 48.4 Å². The maximum Gasteiger partial charge on any atom is 0.322 e. The third-order valence-corrected chi connectivity index (χ3v) is 4.06. The van der Waals surface area contributed by atoms with Crippen molar-refractivity contribution in [3.63, 3.8) is 0 Å². The first-order valence-electron chi connectivity index (χ1n) is 7.76. The lowest BCUT2D eigenvalue weighted by atomic mass is 10.1. The average Bonchev–Trinajstić information content (AvgIpc) is 3.06. The maximum absolute atomic E-state index is 12.6. The molecule has 2 amide bonds. The van der Waals surface area contributed by atoms with Gasteiger partial charge in [0.1, 0.15) is 5.82 Å². The summed E-state index contributed by atoms with van der Waals surface area (Å²) < 4.78 is 0. The fourth-order valence-electron chi connectivity index (χ4n) is 2.86. The van der Waals surface area contributed by atoms with E-state index in [0.717, 1.165) is 30.8 Å². The second-order valence-corrected chi connectivity index (χ2v) is 5.86. The van der Waals surface area contributed by atoms with E-state index in [4.69, 9.17) is 0 Å². The van der Waals surface area contributed by atoms with Gasteiger partial charge in [0.2, 0.25) is 0 Å². The molecular formula is C17H21N5O. The van der Waals surface area contributed by atoms with Crippen LogP contribution in [0.1, 0.15) is 24.4 Å². The van der Waals surface area contributed by atoms with Crippen molar-refractivity contribution >= 4 is 17.5 Å². The Morgan fingerprint density at radius 1 is 1.26 bits per heavy atom. The Kier molecular flexibility index (Phi) is 4.41. The van der Waals surface area contributed by atoms with Gasteiger partial charge in [-0.2, -0.15) is 0 Å². The number of hydrogen-bond donors (Lipinski definition) is 1. The minimum absolute atomic E-state index is 0.0799. The Labute approximate surface area is 136 Å². The molecule has 2 aromatic rings. The molecule has 120 valence electrons. The fraction of sp³-hybridized carbons (Fsp3) is 0.353. The number of amides is 2. The lowest BCUT2D eigenvalue weighted by Gasteiger charge is -2.25. The summed E-state index contributed by atoms with van der Waals surface area (Å²) in [5, 5.41) is 2.94. The van der Waals surface area contributed by atoms with E-state index in [9.17, 15) is 4.79 Å². The van der Waals surface area contributed by atoms with Gasteiger partial charge in [0.15, 0.2) is 0 Å². The number of pyridine rings is 2. The van der Waals surface area contributed by atoms with Gasteiger partial charge in [0.25, 0.3) is 0 Å². The van der Waals surface area contributed by atoms with Crippen LogP contribution in [0.15, 0.2) is 42.9 Å². The average molecular weight is 311 g/mol. The van der Waals surface area contributed by atoms with Gasteiger partial charge in [-0.15, -0.1) is 0 Å². The molecule has 0 spiro atoms. The lowest BCUT2D eigenvalue weighted by Crippen LogP contribution is -2.34. The summed E-state index contributed by atoms with van der Waals surface area (Å²) in [7, 11) is 3.87. The normalized spacial score (nSPS) is 17.1. The second kappa shape index (κ2) is 6.64. The molecule has 6 heteroatoms. The summed E-state index contributed by atoms with van der Waals surface area (Å²) in [5.74, 6) is 0.860. The Balaban J connectivity index is 1.70. The molecule has 2 aromatic heterocycles.